The lowest BCUT2D eigenvalue weighted by Gasteiger charge is -2.20. The summed E-state index contributed by atoms with van der Waals surface area (Å²) in [5.41, 5.74) is 0. The summed E-state index contributed by atoms with van der Waals surface area (Å²) < 4.78 is 5.32. The Morgan fingerprint density at radius 2 is 2.42 bits per heavy atom. The predicted octanol–water partition coefficient (Wildman–Crippen LogP) is 1.74. The maximum Gasteiger partial charge on any atom is 0.0507 e. The highest BCUT2D eigenvalue weighted by Gasteiger charge is 2.17. The van der Waals surface area contributed by atoms with Gasteiger partial charge in [-0.15, -0.1) is 0 Å². The van der Waals surface area contributed by atoms with Gasteiger partial charge in [0.1, 0.15) is 0 Å². The Hall–Kier alpha value is 0.400. The Labute approximate surface area is 83.4 Å². The van der Waals surface area contributed by atoms with Gasteiger partial charge < -0.3 is 9.64 Å². The second kappa shape index (κ2) is 5.20. The first-order chi connectivity index (χ1) is 5.68. The Morgan fingerprint density at radius 3 is 2.92 bits per heavy atom. The molecule has 0 radical (unpaired) electrons. The van der Waals surface area contributed by atoms with Crippen LogP contribution in [0.3, 0.4) is 0 Å². The van der Waals surface area contributed by atoms with E-state index in [4.69, 9.17) is 4.74 Å². The number of nitrogens with zero attached hydrogens (tertiary/aromatic N) is 1. The molecule has 0 saturated carbocycles. The molecule has 2 atom stereocenters. The van der Waals surface area contributed by atoms with Gasteiger partial charge in [0.15, 0.2) is 0 Å². The molecule has 72 valence electrons. The van der Waals surface area contributed by atoms with Gasteiger partial charge in [-0.25, -0.2) is 0 Å². The van der Waals surface area contributed by atoms with Crippen molar-refractivity contribution in [1.82, 2.24) is 4.90 Å². The van der Waals surface area contributed by atoms with Crippen molar-refractivity contribution in [2.45, 2.75) is 18.2 Å². The first-order valence-corrected chi connectivity index (χ1v) is 5.50. The van der Waals surface area contributed by atoms with Crippen LogP contribution in [0.25, 0.3) is 0 Å². The lowest BCUT2D eigenvalue weighted by atomic mass is 10.1. The van der Waals surface area contributed by atoms with Crippen LogP contribution >= 0.6 is 15.9 Å². The molecule has 2 unspecified atom stereocenters. The van der Waals surface area contributed by atoms with E-state index in [-0.39, 0.29) is 0 Å². The van der Waals surface area contributed by atoms with E-state index in [0.29, 0.717) is 4.83 Å². The maximum absolute atomic E-state index is 5.32. The molecule has 1 heterocycles. The van der Waals surface area contributed by atoms with Crippen LogP contribution in [0, 0.1) is 5.92 Å². The van der Waals surface area contributed by atoms with Crippen LogP contribution in [0.2, 0.25) is 0 Å². The topological polar surface area (TPSA) is 12.5 Å². The normalized spacial score (nSPS) is 26.5. The molecule has 1 saturated heterocycles. The van der Waals surface area contributed by atoms with Gasteiger partial charge in [0.2, 0.25) is 0 Å². The average Bonchev–Trinajstić information content (AvgIpc) is 2.37. The van der Waals surface area contributed by atoms with Crippen LogP contribution in [-0.2, 0) is 4.74 Å². The lowest BCUT2D eigenvalue weighted by molar-refractivity contribution is 0.174. The molecule has 1 rings (SSSR count). The van der Waals surface area contributed by atoms with Gasteiger partial charge >= 0.3 is 0 Å². The van der Waals surface area contributed by atoms with Crippen molar-refractivity contribution in [3.8, 4) is 0 Å². The van der Waals surface area contributed by atoms with E-state index in [1.54, 1.807) is 0 Å². The molecule has 2 nitrogen and oxygen atoms in total. The second-order valence-corrected chi connectivity index (χ2v) is 5.29. The van der Waals surface area contributed by atoms with Crippen molar-refractivity contribution in [3.05, 3.63) is 0 Å². The number of hydrogen-bond acceptors (Lipinski definition) is 2. The minimum absolute atomic E-state index is 0.588. The van der Waals surface area contributed by atoms with E-state index in [9.17, 15) is 0 Å². The zero-order valence-corrected chi connectivity index (χ0v) is 9.51. The van der Waals surface area contributed by atoms with Crippen LogP contribution < -0.4 is 0 Å². The van der Waals surface area contributed by atoms with E-state index in [2.05, 4.69) is 34.8 Å². The van der Waals surface area contributed by atoms with Gasteiger partial charge in [-0.3, -0.25) is 0 Å². The zero-order valence-electron chi connectivity index (χ0n) is 7.92. The summed E-state index contributed by atoms with van der Waals surface area (Å²) in [7, 11) is 2.18. The van der Waals surface area contributed by atoms with Crippen LogP contribution in [0.1, 0.15) is 13.3 Å². The first-order valence-electron chi connectivity index (χ1n) is 4.59. The largest absolute Gasteiger partial charge is 0.381 e. The van der Waals surface area contributed by atoms with Crippen molar-refractivity contribution in [2.75, 3.05) is 33.4 Å². The highest BCUT2D eigenvalue weighted by molar-refractivity contribution is 9.09. The number of alkyl halides is 1. The SMILES string of the molecule is CC(Br)CN(C)CC1CCOC1. The molecule has 0 aromatic rings. The summed E-state index contributed by atoms with van der Waals surface area (Å²) in [5.74, 6) is 0.765. The van der Waals surface area contributed by atoms with Crippen molar-refractivity contribution in [1.29, 1.82) is 0 Å². The third-order valence-electron chi connectivity index (χ3n) is 2.16. The summed E-state index contributed by atoms with van der Waals surface area (Å²) in [6, 6.07) is 0. The van der Waals surface area contributed by atoms with E-state index < -0.39 is 0 Å². The molecule has 0 aromatic heterocycles. The Morgan fingerprint density at radius 1 is 1.67 bits per heavy atom. The fourth-order valence-electron chi connectivity index (χ4n) is 1.67. The predicted molar refractivity (Wildman–Crippen MR) is 54.8 cm³/mol. The summed E-state index contributed by atoms with van der Waals surface area (Å²) in [6.45, 7) is 6.40. The Bertz CT molecular complexity index is 124. The molecular weight excluding hydrogens is 218 g/mol. The Balaban J connectivity index is 2.11. The molecule has 0 amide bonds. The number of halogens is 1. The molecule has 1 aliphatic heterocycles. The van der Waals surface area contributed by atoms with Gasteiger partial charge in [0.05, 0.1) is 6.61 Å². The van der Waals surface area contributed by atoms with Gasteiger partial charge in [-0.05, 0) is 19.4 Å². The highest BCUT2D eigenvalue weighted by atomic mass is 79.9. The van der Waals surface area contributed by atoms with Crippen molar-refractivity contribution in [2.24, 2.45) is 5.92 Å². The molecular formula is C9H18BrNO. The van der Waals surface area contributed by atoms with Crippen molar-refractivity contribution >= 4 is 15.9 Å². The number of ether oxygens (including phenoxy) is 1. The molecule has 0 spiro atoms. The highest BCUT2D eigenvalue weighted by Crippen LogP contribution is 2.13. The quantitative estimate of drug-likeness (QED) is 0.689. The van der Waals surface area contributed by atoms with E-state index in [1.807, 2.05) is 0 Å². The van der Waals surface area contributed by atoms with E-state index in [0.717, 1.165) is 25.7 Å². The summed E-state index contributed by atoms with van der Waals surface area (Å²) in [4.78, 5) is 2.96. The van der Waals surface area contributed by atoms with Crippen LogP contribution in [-0.4, -0.2) is 43.1 Å². The van der Waals surface area contributed by atoms with Crippen molar-refractivity contribution < 1.29 is 4.74 Å². The summed E-state index contributed by atoms with van der Waals surface area (Å²) in [5, 5.41) is 0. The van der Waals surface area contributed by atoms with Crippen LogP contribution in [0.5, 0.6) is 0 Å². The first kappa shape index (κ1) is 10.5. The molecule has 0 bridgehead atoms. The molecule has 12 heavy (non-hydrogen) atoms. The minimum Gasteiger partial charge on any atom is -0.381 e. The molecule has 0 N–H and O–H groups in total. The van der Waals surface area contributed by atoms with Gasteiger partial charge in [-0.2, -0.15) is 0 Å². The smallest absolute Gasteiger partial charge is 0.0507 e. The minimum atomic E-state index is 0.588. The number of hydrogen-bond donors (Lipinski definition) is 0. The average molecular weight is 236 g/mol. The fourth-order valence-corrected chi connectivity index (χ4v) is 2.17. The van der Waals surface area contributed by atoms with Crippen molar-refractivity contribution in [3.63, 3.8) is 0 Å². The van der Waals surface area contributed by atoms with Gasteiger partial charge in [-0.1, -0.05) is 22.9 Å². The fraction of sp³-hybridized carbons (Fsp3) is 1.00. The molecule has 1 aliphatic rings. The molecule has 1 fully saturated rings. The third-order valence-corrected chi connectivity index (χ3v) is 2.45. The van der Waals surface area contributed by atoms with Gasteiger partial charge in [0.25, 0.3) is 0 Å². The lowest BCUT2D eigenvalue weighted by Crippen LogP contribution is -2.30. The zero-order chi connectivity index (χ0) is 8.97. The number of rotatable bonds is 4. The van der Waals surface area contributed by atoms with Crippen LogP contribution in [0.15, 0.2) is 0 Å². The van der Waals surface area contributed by atoms with Crippen LogP contribution in [0.4, 0.5) is 0 Å². The standard InChI is InChI=1S/C9H18BrNO/c1-8(10)5-11(2)6-9-3-4-12-7-9/h8-9H,3-7H2,1-2H3. The maximum atomic E-state index is 5.32. The molecule has 0 aliphatic carbocycles. The summed E-state index contributed by atoms with van der Waals surface area (Å²) in [6.07, 6.45) is 1.24. The summed E-state index contributed by atoms with van der Waals surface area (Å²) >= 11 is 3.55. The Kier molecular flexibility index (Phi) is 4.54. The van der Waals surface area contributed by atoms with Gasteiger partial charge in [0, 0.05) is 24.5 Å². The molecule has 0 aromatic carbocycles. The molecule has 3 heteroatoms. The second-order valence-electron chi connectivity index (χ2n) is 3.73. The monoisotopic (exact) mass is 235 g/mol. The third kappa shape index (κ3) is 3.87. The van der Waals surface area contributed by atoms with E-state index in [1.165, 1.54) is 13.0 Å². The van der Waals surface area contributed by atoms with E-state index >= 15 is 0 Å².